The molecule has 1 saturated heterocycles. The van der Waals surface area contributed by atoms with Crippen LogP contribution in [-0.2, 0) is 21.0 Å². The highest BCUT2D eigenvalue weighted by Crippen LogP contribution is 2.29. The summed E-state index contributed by atoms with van der Waals surface area (Å²) < 4.78 is 31.3. The van der Waals surface area contributed by atoms with Gasteiger partial charge in [0, 0.05) is 36.7 Å². The number of aromatic amines is 1. The van der Waals surface area contributed by atoms with Crippen LogP contribution in [0.25, 0.3) is 10.9 Å². The molecule has 26 heavy (non-hydrogen) atoms. The van der Waals surface area contributed by atoms with Gasteiger partial charge in [0.2, 0.25) is 9.84 Å². The summed E-state index contributed by atoms with van der Waals surface area (Å²) >= 11 is 0. The van der Waals surface area contributed by atoms with E-state index in [2.05, 4.69) is 16.0 Å². The summed E-state index contributed by atoms with van der Waals surface area (Å²) in [5.41, 5.74) is 1.99. The molecular weight excluding hydrogens is 348 g/mol. The van der Waals surface area contributed by atoms with Crippen molar-refractivity contribution in [1.29, 1.82) is 0 Å². The Morgan fingerprint density at radius 3 is 2.58 bits per heavy atom. The van der Waals surface area contributed by atoms with E-state index in [0.717, 1.165) is 55.7 Å². The Balaban J connectivity index is 1.62. The van der Waals surface area contributed by atoms with E-state index in [0.29, 0.717) is 9.79 Å². The first-order chi connectivity index (χ1) is 12.6. The molecule has 0 unspecified atom stereocenters. The zero-order chi connectivity index (χ0) is 18.0. The highest BCUT2D eigenvalue weighted by molar-refractivity contribution is 7.91. The van der Waals surface area contributed by atoms with Crippen LogP contribution in [0.4, 0.5) is 0 Å². The fourth-order valence-electron chi connectivity index (χ4n) is 3.36. The van der Waals surface area contributed by atoms with Crippen LogP contribution in [0.1, 0.15) is 5.56 Å². The molecule has 0 spiro atoms. The van der Waals surface area contributed by atoms with Crippen LogP contribution in [0.15, 0.2) is 64.5 Å². The molecule has 0 aliphatic carbocycles. The number of benzene rings is 2. The van der Waals surface area contributed by atoms with Gasteiger partial charge in [0.1, 0.15) is 0 Å². The Labute approximate surface area is 153 Å². The molecule has 0 saturated carbocycles. The van der Waals surface area contributed by atoms with E-state index >= 15 is 0 Å². The van der Waals surface area contributed by atoms with Gasteiger partial charge >= 0.3 is 0 Å². The quantitative estimate of drug-likeness (QED) is 0.750. The van der Waals surface area contributed by atoms with Gasteiger partial charge in [-0.3, -0.25) is 4.90 Å². The van der Waals surface area contributed by atoms with Crippen LogP contribution in [0, 0.1) is 0 Å². The minimum Gasteiger partial charge on any atom is -0.379 e. The van der Waals surface area contributed by atoms with Crippen LogP contribution >= 0.6 is 0 Å². The van der Waals surface area contributed by atoms with Crippen molar-refractivity contribution in [1.82, 2.24) is 9.88 Å². The maximum atomic E-state index is 13.0. The molecular formula is C20H22N2O3S. The maximum Gasteiger partial charge on any atom is 0.208 e. The van der Waals surface area contributed by atoms with Crippen molar-refractivity contribution in [3.05, 3.63) is 60.3 Å². The summed E-state index contributed by atoms with van der Waals surface area (Å²) in [6, 6.07) is 14.6. The molecule has 5 nitrogen and oxygen atoms in total. The highest BCUT2D eigenvalue weighted by Gasteiger charge is 2.21. The molecule has 1 N–H and O–H groups in total. The number of morpholine rings is 1. The minimum absolute atomic E-state index is 0.319. The van der Waals surface area contributed by atoms with Gasteiger partial charge in [-0.05, 0) is 36.2 Å². The number of aromatic nitrogens is 1. The fraction of sp³-hybridized carbons (Fsp3) is 0.300. The average Bonchev–Trinajstić information content (AvgIpc) is 3.12. The van der Waals surface area contributed by atoms with E-state index in [9.17, 15) is 8.42 Å². The van der Waals surface area contributed by atoms with Crippen molar-refractivity contribution in [3.8, 4) is 0 Å². The highest BCUT2D eigenvalue weighted by atomic mass is 32.2. The SMILES string of the molecule is O=S(=O)(c1ccccc1)c1c[nH]c2ccc(CCN3CCOCC3)cc12. The average molecular weight is 370 g/mol. The van der Waals surface area contributed by atoms with Crippen LogP contribution in [0.3, 0.4) is 0 Å². The summed E-state index contributed by atoms with van der Waals surface area (Å²) in [4.78, 5) is 6.13. The molecule has 136 valence electrons. The van der Waals surface area contributed by atoms with Gasteiger partial charge in [-0.25, -0.2) is 8.42 Å². The lowest BCUT2D eigenvalue weighted by Gasteiger charge is -2.26. The summed E-state index contributed by atoms with van der Waals surface area (Å²) in [6.07, 6.45) is 2.49. The monoisotopic (exact) mass is 370 g/mol. The summed E-state index contributed by atoms with van der Waals surface area (Å²) in [5.74, 6) is 0. The third-order valence-electron chi connectivity index (χ3n) is 4.87. The van der Waals surface area contributed by atoms with E-state index in [4.69, 9.17) is 4.74 Å². The molecule has 1 aromatic heterocycles. The molecule has 4 rings (SSSR count). The number of H-pyrrole nitrogens is 1. The van der Waals surface area contributed by atoms with Crippen LogP contribution in [0.5, 0.6) is 0 Å². The molecule has 1 aliphatic rings. The number of hydrogen-bond donors (Lipinski definition) is 1. The lowest BCUT2D eigenvalue weighted by Crippen LogP contribution is -2.37. The van der Waals surface area contributed by atoms with Gasteiger partial charge in [0.25, 0.3) is 0 Å². The van der Waals surface area contributed by atoms with Crippen molar-refractivity contribution < 1.29 is 13.2 Å². The van der Waals surface area contributed by atoms with Crippen LogP contribution in [0.2, 0.25) is 0 Å². The van der Waals surface area contributed by atoms with Gasteiger partial charge in [-0.15, -0.1) is 0 Å². The van der Waals surface area contributed by atoms with Crippen LogP contribution in [-0.4, -0.2) is 51.1 Å². The molecule has 6 heteroatoms. The van der Waals surface area contributed by atoms with E-state index in [1.54, 1.807) is 30.5 Å². The predicted molar refractivity (Wildman–Crippen MR) is 101 cm³/mol. The van der Waals surface area contributed by atoms with Gasteiger partial charge < -0.3 is 9.72 Å². The van der Waals surface area contributed by atoms with Crippen molar-refractivity contribution in [2.75, 3.05) is 32.8 Å². The Hall–Kier alpha value is -2.15. The van der Waals surface area contributed by atoms with Gasteiger partial charge in [0.05, 0.1) is 23.0 Å². The van der Waals surface area contributed by atoms with Crippen molar-refractivity contribution >= 4 is 20.7 Å². The smallest absolute Gasteiger partial charge is 0.208 e. The van der Waals surface area contributed by atoms with E-state index < -0.39 is 9.84 Å². The number of hydrogen-bond acceptors (Lipinski definition) is 4. The second kappa shape index (κ2) is 7.23. The molecule has 3 aromatic rings. The van der Waals surface area contributed by atoms with Crippen molar-refractivity contribution in [2.24, 2.45) is 0 Å². The molecule has 0 amide bonds. The number of rotatable bonds is 5. The summed E-state index contributed by atoms with van der Waals surface area (Å²) in [6.45, 7) is 4.45. The van der Waals surface area contributed by atoms with Crippen molar-refractivity contribution in [3.63, 3.8) is 0 Å². The number of nitrogens with zero attached hydrogens (tertiary/aromatic N) is 1. The van der Waals surface area contributed by atoms with Crippen molar-refractivity contribution in [2.45, 2.75) is 16.2 Å². The third-order valence-corrected chi connectivity index (χ3v) is 6.68. The first-order valence-corrected chi connectivity index (χ1v) is 10.3. The standard InChI is InChI=1S/C20H22N2O3S/c23-26(24,17-4-2-1-3-5-17)20-15-21-19-7-6-16(14-18(19)20)8-9-22-10-12-25-13-11-22/h1-7,14-15,21H,8-13H2. The molecule has 0 radical (unpaired) electrons. The number of ether oxygens (including phenoxy) is 1. The first kappa shape index (κ1) is 17.3. The predicted octanol–water partition coefficient (Wildman–Crippen LogP) is 2.88. The minimum atomic E-state index is -3.53. The fourth-order valence-corrected chi connectivity index (χ4v) is 4.80. The summed E-state index contributed by atoms with van der Waals surface area (Å²) in [7, 11) is -3.53. The maximum absolute atomic E-state index is 13.0. The number of sulfone groups is 1. The molecule has 0 bridgehead atoms. The molecule has 1 fully saturated rings. The lowest BCUT2D eigenvalue weighted by atomic mass is 10.1. The van der Waals surface area contributed by atoms with Gasteiger partial charge in [-0.2, -0.15) is 0 Å². The Kier molecular flexibility index (Phi) is 4.80. The Morgan fingerprint density at radius 2 is 1.81 bits per heavy atom. The van der Waals surface area contributed by atoms with E-state index in [1.807, 2.05) is 18.2 Å². The first-order valence-electron chi connectivity index (χ1n) is 8.85. The third kappa shape index (κ3) is 3.40. The van der Waals surface area contributed by atoms with Gasteiger partial charge in [0.15, 0.2) is 0 Å². The second-order valence-corrected chi connectivity index (χ2v) is 8.47. The van der Waals surface area contributed by atoms with E-state index in [-0.39, 0.29) is 0 Å². The molecule has 1 aliphatic heterocycles. The second-order valence-electron chi connectivity index (χ2n) is 6.55. The Morgan fingerprint density at radius 1 is 1.04 bits per heavy atom. The largest absolute Gasteiger partial charge is 0.379 e. The Bertz CT molecular complexity index is 990. The topological polar surface area (TPSA) is 62.4 Å². The zero-order valence-corrected chi connectivity index (χ0v) is 15.3. The van der Waals surface area contributed by atoms with Crippen LogP contribution < -0.4 is 0 Å². The lowest BCUT2D eigenvalue weighted by molar-refractivity contribution is 0.0384. The van der Waals surface area contributed by atoms with E-state index in [1.165, 1.54) is 0 Å². The summed E-state index contributed by atoms with van der Waals surface area (Å²) in [5, 5.41) is 0.758. The number of fused-ring (bicyclic) bond motifs is 1. The zero-order valence-electron chi connectivity index (χ0n) is 14.5. The molecule has 2 heterocycles. The van der Waals surface area contributed by atoms with Gasteiger partial charge in [-0.1, -0.05) is 24.3 Å². The number of nitrogens with one attached hydrogen (secondary N) is 1. The molecule has 2 aromatic carbocycles. The molecule has 0 atom stereocenters. The normalized spacial score (nSPS) is 16.2.